The summed E-state index contributed by atoms with van der Waals surface area (Å²) in [5, 5.41) is 4.03. The number of hydrogen-bond acceptors (Lipinski definition) is 3. The molecule has 0 unspecified atom stereocenters. The average molecular weight is 327 g/mol. The van der Waals surface area contributed by atoms with Gasteiger partial charge in [-0.2, -0.15) is 0 Å². The molecular weight excluding hydrogens is 318 g/mol. The number of carbonyl (C=O) groups is 1. The molecule has 2 aromatic rings. The highest BCUT2D eigenvalue weighted by Gasteiger charge is 2.13. The Morgan fingerprint density at radius 2 is 1.81 bits per heavy atom. The first-order valence-electron chi connectivity index (χ1n) is 5.73. The highest BCUT2D eigenvalue weighted by Crippen LogP contribution is 2.21. The van der Waals surface area contributed by atoms with Gasteiger partial charge in [-0.25, -0.2) is 9.18 Å². The fourth-order valence-electron chi connectivity index (χ4n) is 1.47. The van der Waals surface area contributed by atoms with Crippen LogP contribution in [0.3, 0.4) is 0 Å². The Hall–Kier alpha value is -2.11. The van der Waals surface area contributed by atoms with E-state index in [4.69, 9.17) is 33.8 Å². The minimum absolute atomic E-state index is 0.0616. The van der Waals surface area contributed by atoms with Gasteiger partial charge in [0.2, 0.25) is 0 Å². The fraction of sp³-hybridized carbons (Fsp3) is 0. The Morgan fingerprint density at radius 1 is 1.14 bits per heavy atom. The van der Waals surface area contributed by atoms with Gasteiger partial charge in [0.15, 0.2) is 5.84 Å². The van der Waals surface area contributed by atoms with Crippen LogP contribution in [0.15, 0.2) is 47.6 Å². The lowest BCUT2D eigenvalue weighted by Gasteiger charge is -2.03. The van der Waals surface area contributed by atoms with Gasteiger partial charge in [-0.1, -0.05) is 28.4 Å². The Bertz CT molecular complexity index is 703. The molecule has 21 heavy (non-hydrogen) atoms. The van der Waals surface area contributed by atoms with Gasteiger partial charge in [0.05, 0.1) is 10.6 Å². The first-order chi connectivity index (χ1) is 9.97. The Labute approximate surface area is 129 Å². The van der Waals surface area contributed by atoms with E-state index < -0.39 is 11.8 Å². The normalized spacial score (nSPS) is 11.3. The largest absolute Gasteiger partial charge is 0.380 e. The van der Waals surface area contributed by atoms with Crippen LogP contribution in [0.2, 0.25) is 10.0 Å². The maximum absolute atomic E-state index is 12.8. The molecule has 0 spiro atoms. The molecule has 4 nitrogen and oxygen atoms in total. The summed E-state index contributed by atoms with van der Waals surface area (Å²) < 4.78 is 12.8. The number of rotatable bonds is 3. The van der Waals surface area contributed by atoms with Gasteiger partial charge in [0.25, 0.3) is 0 Å². The van der Waals surface area contributed by atoms with Crippen molar-refractivity contribution in [2.45, 2.75) is 0 Å². The van der Waals surface area contributed by atoms with E-state index in [1.54, 1.807) is 0 Å². The highest BCUT2D eigenvalue weighted by atomic mass is 35.5. The molecule has 0 aliphatic rings. The summed E-state index contributed by atoms with van der Waals surface area (Å²) >= 11 is 11.6. The molecule has 0 amide bonds. The third-order valence-electron chi connectivity index (χ3n) is 2.52. The summed E-state index contributed by atoms with van der Waals surface area (Å²) in [4.78, 5) is 16.5. The predicted octanol–water partition coefficient (Wildman–Crippen LogP) is 3.61. The molecule has 0 aromatic heterocycles. The molecule has 0 bridgehead atoms. The van der Waals surface area contributed by atoms with Crippen LogP contribution in [0.25, 0.3) is 0 Å². The summed E-state index contributed by atoms with van der Waals surface area (Å²) in [6, 6.07) is 9.58. The van der Waals surface area contributed by atoms with Crippen molar-refractivity contribution in [3.63, 3.8) is 0 Å². The minimum Gasteiger partial charge on any atom is -0.380 e. The van der Waals surface area contributed by atoms with E-state index in [0.717, 1.165) is 0 Å². The molecule has 108 valence electrons. The molecule has 0 aliphatic heterocycles. The van der Waals surface area contributed by atoms with Crippen LogP contribution < -0.4 is 5.73 Å². The first-order valence-corrected chi connectivity index (χ1v) is 6.49. The van der Waals surface area contributed by atoms with Crippen LogP contribution in [-0.4, -0.2) is 11.8 Å². The molecule has 2 aromatic carbocycles. The van der Waals surface area contributed by atoms with E-state index in [2.05, 4.69) is 5.16 Å². The van der Waals surface area contributed by atoms with Crippen molar-refractivity contribution in [3.8, 4) is 0 Å². The summed E-state index contributed by atoms with van der Waals surface area (Å²) in [5.41, 5.74) is 6.16. The maximum Gasteiger partial charge on any atom is 0.367 e. The first kappa shape index (κ1) is 15.3. The predicted molar refractivity (Wildman–Crippen MR) is 79.0 cm³/mol. The molecule has 0 aliphatic carbocycles. The zero-order valence-electron chi connectivity index (χ0n) is 10.5. The lowest BCUT2D eigenvalue weighted by molar-refractivity contribution is 0.0516. The fourth-order valence-corrected chi connectivity index (χ4v) is 1.95. The van der Waals surface area contributed by atoms with Crippen molar-refractivity contribution >= 4 is 35.0 Å². The van der Waals surface area contributed by atoms with Crippen molar-refractivity contribution < 1.29 is 14.0 Å². The van der Waals surface area contributed by atoms with Crippen LogP contribution >= 0.6 is 23.2 Å². The Morgan fingerprint density at radius 3 is 2.43 bits per heavy atom. The van der Waals surface area contributed by atoms with Crippen molar-refractivity contribution in [2.24, 2.45) is 10.9 Å². The second-order valence-corrected chi connectivity index (χ2v) is 4.83. The third-order valence-corrected chi connectivity index (χ3v) is 3.07. The van der Waals surface area contributed by atoms with E-state index in [1.807, 2.05) is 0 Å². The van der Waals surface area contributed by atoms with Gasteiger partial charge in [-0.15, -0.1) is 0 Å². The summed E-state index contributed by atoms with van der Waals surface area (Å²) in [5.74, 6) is -1.24. The average Bonchev–Trinajstić information content (AvgIpc) is 2.45. The number of nitrogens with two attached hydrogens (primary N) is 1. The molecular formula is C14H9Cl2FN2O2. The molecule has 0 radical (unpaired) electrons. The number of halogens is 3. The number of amidine groups is 1. The van der Waals surface area contributed by atoms with Crippen LogP contribution in [0.5, 0.6) is 0 Å². The van der Waals surface area contributed by atoms with Gasteiger partial charge in [-0.3, -0.25) is 0 Å². The summed E-state index contributed by atoms with van der Waals surface area (Å²) in [6.45, 7) is 0. The number of benzene rings is 2. The van der Waals surface area contributed by atoms with Gasteiger partial charge < -0.3 is 10.6 Å². The summed E-state index contributed by atoms with van der Waals surface area (Å²) in [6.07, 6.45) is 0. The SMILES string of the molecule is N/C(=N\OC(=O)c1ccc(Cl)cc1Cl)c1ccc(F)cc1. The lowest BCUT2D eigenvalue weighted by Crippen LogP contribution is -2.15. The van der Waals surface area contributed by atoms with Crippen molar-refractivity contribution in [3.05, 3.63) is 69.5 Å². The molecule has 7 heteroatoms. The molecule has 0 saturated carbocycles. The monoisotopic (exact) mass is 326 g/mol. The van der Waals surface area contributed by atoms with Gasteiger partial charge >= 0.3 is 5.97 Å². The van der Waals surface area contributed by atoms with Crippen LogP contribution in [0.1, 0.15) is 15.9 Å². The summed E-state index contributed by atoms with van der Waals surface area (Å²) in [7, 11) is 0. The van der Waals surface area contributed by atoms with Gasteiger partial charge in [0, 0.05) is 10.6 Å². The van der Waals surface area contributed by atoms with Crippen molar-refractivity contribution in [2.75, 3.05) is 0 Å². The topological polar surface area (TPSA) is 64.7 Å². The Balaban J connectivity index is 2.12. The molecule has 0 fully saturated rings. The van der Waals surface area contributed by atoms with E-state index in [0.29, 0.717) is 10.6 Å². The standard InChI is InChI=1S/C14H9Cl2FN2O2/c15-9-3-6-11(12(16)7-9)14(20)21-19-13(18)8-1-4-10(17)5-2-8/h1-7H,(H2,18,19). The molecule has 0 heterocycles. The molecule has 0 atom stereocenters. The van der Waals surface area contributed by atoms with Crippen molar-refractivity contribution in [1.29, 1.82) is 0 Å². The zero-order chi connectivity index (χ0) is 15.4. The second-order valence-electron chi connectivity index (χ2n) is 3.99. The zero-order valence-corrected chi connectivity index (χ0v) is 12.0. The van der Waals surface area contributed by atoms with Gasteiger partial charge in [0.1, 0.15) is 5.82 Å². The smallest absolute Gasteiger partial charge is 0.367 e. The van der Waals surface area contributed by atoms with E-state index in [1.165, 1.54) is 42.5 Å². The number of hydrogen-bond donors (Lipinski definition) is 1. The number of oxime groups is 1. The maximum atomic E-state index is 12.8. The number of nitrogens with zero attached hydrogens (tertiary/aromatic N) is 1. The van der Waals surface area contributed by atoms with E-state index >= 15 is 0 Å². The van der Waals surface area contributed by atoms with Gasteiger partial charge in [-0.05, 0) is 42.5 Å². The molecule has 0 saturated heterocycles. The van der Waals surface area contributed by atoms with E-state index in [9.17, 15) is 9.18 Å². The molecule has 2 rings (SSSR count). The lowest BCUT2D eigenvalue weighted by atomic mass is 10.2. The van der Waals surface area contributed by atoms with E-state index in [-0.39, 0.29) is 16.4 Å². The van der Waals surface area contributed by atoms with Crippen LogP contribution in [0.4, 0.5) is 4.39 Å². The highest BCUT2D eigenvalue weighted by molar-refractivity contribution is 6.36. The quantitative estimate of drug-likeness (QED) is 0.405. The molecule has 2 N–H and O–H groups in total. The minimum atomic E-state index is -0.776. The number of carbonyl (C=O) groups excluding carboxylic acids is 1. The van der Waals surface area contributed by atoms with Crippen molar-refractivity contribution in [1.82, 2.24) is 0 Å². The third kappa shape index (κ3) is 3.93. The Kier molecular flexibility index (Phi) is 4.77. The van der Waals surface area contributed by atoms with Crippen LogP contribution in [0, 0.1) is 5.82 Å². The van der Waals surface area contributed by atoms with Crippen LogP contribution in [-0.2, 0) is 4.84 Å². The second kappa shape index (κ2) is 6.56.